The van der Waals surface area contributed by atoms with E-state index in [1.54, 1.807) is 12.1 Å². The molecule has 0 radical (unpaired) electrons. The summed E-state index contributed by atoms with van der Waals surface area (Å²) in [7, 11) is 0. The Kier molecular flexibility index (Phi) is 5.53. The molecule has 1 aliphatic rings. The van der Waals surface area contributed by atoms with Crippen LogP contribution in [0.4, 0.5) is 4.39 Å². The quantitative estimate of drug-likeness (QED) is 0.379. The Morgan fingerprint density at radius 3 is 2.69 bits per heavy atom. The molecule has 0 N–H and O–H groups in total. The summed E-state index contributed by atoms with van der Waals surface area (Å²) in [6, 6.07) is 21.0. The number of hydrogen-bond acceptors (Lipinski definition) is 4. The monoisotopic (exact) mass is 451 g/mol. The molecule has 0 fully saturated rings. The molecular formula is C23H15BrFNO3. The Bertz CT molecular complexity index is 1140. The number of hydrogen-bond donors (Lipinski definition) is 0. The molecule has 1 aliphatic heterocycles. The highest BCUT2D eigenvalue weighted by molar-refractivity contribution is 9.10. The van der Waals surface area contributed by atoms with Gasteiger partial charge in [-0.2, -0.15) is 0 Å². The third kappa shape index (κ3) is 4.78. The van der Waals surface area contributed by atoms with Crippen molar-refractivity contribution in [3.8, 4) is 5.75 Å². The van der Waals surface area contributed by atoms with Gasteiger partial charge in [0.25, 0.3) is 0 Å². The molecule has 4 rings (SSSR count). The zero-order valence-corrected chi connectivity index (χ0v) is 16.7. The Morgan fingerprint density at radius 2 is 1.86 bits per heavy atom. The zero-order chi connectivity index (χ0) is 20.2. The predicted octanol–water partition coefficient (Wildman–Crippen LogP) is 5.51. The lowest BCUT2D eigenvalue weighted by atomic mass is 10.2. The zero-order valence-electron chi connectivity index (χ0n) is 15.1. The summed E-state index contributed by atoms with van der Waals surface area (Å²) in [6.45, 7) is 0.420. The third-order valence-corrected chi connectivity index (χ3v) is 4.64. The van der Waals surface area contributed by atoms with Crippen LogP contribution < -0.4 is 4.74 Å². The highest BCUT2D eigenvalue weighted by Gasteiger charge is 2.24. The van der Waals surface area contributed by atoms with Crippen molar-refractivity contribution in [3.05, 3.63) is 105 Å². The second-order valence-electron chi connectivity index (χ2n) is 6.34. The van der Waals surface area contributed by atoms with Crippen molar-refractivity contribution in [3.63, 3.8) is 0 Å². The van der Waals surface area contributed by atoms with Crippen molar-refractivity contribution in [2.24, 2.45) is 4.99 Å². The van der Waals surface area contributed by atoms with Crippen LogP contribution in [0.5, 0.6) is 5.75 Å². The fourth-order valence-corrected chi connectivity index (χ4v) is 3.25. The highest BCUT2D eigenvalue weighted by Crippen LogP contribution is 2.22. The van der Waals surface area contributed by atoms with E-state index in [4.69, 9.17) is 9.47 Å². The van der Waals surface area contributed by atoms with Gasteiger partial charge in [-0.05, 0) is 59.7 Å². The van der Waals surface area contributed by atoms with Crippen molar-refractivity contribution in [2.75, 3.05) is 0 Å². The molecule has 3 aromatic carbocycles. The molecule has 0 saturated heterocycles. The molecule has 144 valence electrons. The third-order valence-electron chi connectivity index (χ3n) is 4.15. The largest absolute Gasteiger partial charge is 0.489 e. The van der Waals surface area contributed by atoms with Crippen LogP contribution in [-0.4, -0.2) is 11.9 Å². The van der Waals surface area contributed by atoms with Crippen LogP contribution in [0.1, 0.15) is 16.7 Å². The summed E-state index contributed by atoms with van der Waals surface area (Å²) in [5.74, 6) is -0.249. The van der Waals surface area contributed by atoms with Crippen molar-refractivity contribution < 1.29 is 18.7 Å². The number of halogens is 2. The molecule has 3 aromatic rings. The van der Waals surface area contributed by atoms with E-state index >= 15 is 0 Å². The van der Waals surface area contributed by atoms with E-state index in [0.717, 1.165) is 15.6 Å². The lowest BCUT2D eigenvalue weighted by Crippen LogP contribution is -2.05. The summed E-state index contributed by atoms with van der Waals surface area (Å²) >= 11 is 3.44. The summed E-state index contributed by atoms with van der Waals surface area (Å²) < 4.78 is 25.4. The number of rotatable bonds is 5. The number of cyclic esters (lactones) is 1. The van der Waals surface area contributed by atoms with Gasteiger partial charge in [0.2, 0.25) is 5.90 Å². The van der Waals surface area contributed by atoms with Gasteiger partial charge >= 0.3 is 5.97 Å². The van der Waals surface area contributed by atoms with Crippen LogP contribution in [0.25, 0.3) is 6.08 Å². The van der Waals surface area contributed by atoms with Crippen LogP contribution in [0.3, 0.4) is 0 Å². The van der Waals surface area contributed by atoms with E-state index in [1.807, 2.05) is 48.5 Å². The van der Waals surface area contributed by atoms with Crippen LogP contribution >= 0.6 is 15.9 Å². The van der Waals surface area contributed by atoms with Gasteiger partial charge < -0.3 is 9.47 Å². The second kappa shape index (κ2) is 8.41. The maximum absolute atomic E-state index is 13.4. The first-order valence-corrected chi connectivity index (χ1v) is 9.62. The first-order valence-electron chi connectivity index (χ1n) is 8.83. The van der Waals surface area contributed by atoms with Crippen LogP contribution in [0, 0.1) is 5.82 Å². The van der Waals surface area contributed by atoms with Gasteiger partial charge in [-0.25, -0.2) is 14.2 Å². The number of nitrogens with zero attached hydrogens (tertiary/aromatic N) is 1. The first-order chi connectivity index (χ1) is 14.1. The predicted molar refractivity (Wildman–Crippen MR) is 112 cm³/mol. The molecule has 0 atom stereocenters. The van der Waals surface area contributed by atoms with E-state index in [9.17, 15) is 9.18 Å². The number of carbonyl (C=O) groups is 1. The van der Waals surface area contributed by atoms with Crippen molar-refractivity contribution in [1.29, 1.82) is 0 Å². The molecule has 0 bridgehead atoms. The Hall–Kier alpha value is -3.25. The van der Waals surface area contributed by atoms with Gasteiger partial charge in [0.05, 0.1) is 0 Å². The summed E-state index contributed by atoms with van der Waals surface area (Å²) in [6.07, 6.45) is 1.61. The minimum Gasteiger partial charge on any atom is -0.489 e. The molecule has 0 unspecified atom stereocenters. The standard InChI is InChI=1S/C23H15BrFNO3/c24-18-7-1-5-16(10-18)14-28-20-9-2-4-15(11-20)12-21-23(27)29-22(26-21)17-6-3-8-19(25)13-17/h1-13H,14H2/b21-12-. The van der Waals surface area contributed by atoms with E-state index < -0.39 is 11.8 Å². The topological polar surface area (TPSA) is 47.9 Å². The molecule has 0 saturated carbocycles. The average molecular weight is 452 g/mol. The molecule has 6 heteroatoms. The Balaban J connectivity index is 1.52. The number of carbonyl (C=O) groups excluding carboxylic acids is 1. The molecule has 29 heavy (non-hydrogen) atoms. The maximum Gasteiger partial charge on any atom is 0.363 e. The van der Waals surface area contributed by atoms with E-state index in [1.165, 1.54) is 18.2 Å². The Morgan fingerprint density at radius 1 is 1.03 bits per heavy atom. The van der Waals surface area contributed by atoms with Crippen molar-refractivity contribution in [2.45, 2.75) is 6.61 Å². The number of aliphatic imine (C=N–C) groups is 1. The van der Waals surface area contributed by atoms with E-state index in [0.29, 0.717) is 17.9 Å². The van der Waals surface area contributed by atoms with Crippen LogP contribution in [0.15, 0.2) is 88.0 Å². The number of esters is 1. The summed E-state index contributed by atoms with van der Waals surface area (Å²) in [4.78, 5) is 16.3. The van der Waals surface area contributed by atoms with Gasteiger partial charge in [0.15, 0.2) is 5.70 Å². The van der Waals surface area contributed by atoms with Gasteiger partial charge in [-0.1, -0.05) is 46.3 Å². The fraction of sp³-hybridized carbons (Fsp3) is 0.0435. The normalized spacial score (nSPS) is 14.6. The Labute approximate surface area is 175 Å². The SMILES string of the molecule is O=C1OC(c2cccc(F)c2)=N/C1=C\c1cccc(OCc2cccc(Br)c2)c1. The molecule has 0 spiro atoms. The molecule has 0 aliphatic carbocycles. The van der Waals surface area contributed by atoms with Gasteiger partial charge in [-0.3, -0.25) is 0 Å². The summed E-state index contributed by atoms with van der Waals surface area (Å²) in [5, 5.41) is 0. The van der Waals surface area contributed by atoms with E-state index in [-0.39, 0.29) is 11.6 Å². The molecule has 0 amide bonds. The molecular weight excluding hydrogens is 437 g/mol. The molecule has 0 aromatic heterocycles. The number of ether oxygens (including phenoxy) is 2. The smallest absolute Gasteiger partial charge is 0.363 e. The van der Waals surface area contributed by atoms with E-state index in [2.05, 4.69) is 20.9 Å². The van der Waals surface area contributed by atoms with Crippen molar-refractivity contribution in [1.82, 2.24) is 0 Å². The van der Waals surface area contributed by atoms with Crippen LogP contribution in [-0.2, 0) is 16.1 Å². The second-order valence-corrected chi connectivity index (χ2v) is 7.25. The maximum atomic E-state index is 13.4. The summed E-state index contributed by atoms with van der Waals surface area (Å²) in [5.41, 5.74) is 2.33. The minimum absolute atomic E-state index is 0.0859. The van der Waals surface area contributed by atoms with Gasteiger partial charge in [-0.15, -0.1) is 0 Å². The lowest BCUT2D eigenvalue weighted by Gasteiger charge is -2.07. The molecule has 4 nitrogen and oxygen atoms in total. The van der Waals surface area contributed by atoms with Crippen LogP contribution in [0.2, 0.25) is 0 Å². The minimum atomic E-state index is -0.579. The fourth-order valence-electron chi connectivity index (χ4n) is 2.80. The van der Waals surface area contributed by atoms with Crippen molar-refractivity contribution >= 4 is 33.9 Å². The van der Waals surface area contributed by atoms with Gasteiger partial charge in [0, 0.05) is 10.0 Å². The molecule has 1 heterocycles. The van der Waals surface area contributed by atoms with Gasteiger partial charge in [0.1, 0.15) is 18.2 Å². The lowest BCUT2D eigenvalue weighted by molar-refractivity contribution is -0.129. The average Bonchev–Trinajstić information content (AvgIpc) is 3.07. The highest BCUT2D eigenvalue weighted by atomic mass is 79.9. The first kappa shape index (κ1) is 19.1. The number of benzene rings is 3.